The van der Waals surface area contributed by atoms with Gasteiger partial charge in [-0.3, -0.25) is 4.79 Å². The van der Waals surface area contributed by atoms with E-state index >= 15 is 0 Å². The van der Waals surface area contributed by atoms with Gasteiger partial charge in [-0.05, 0) is 31.0 Å². The maximum absolute atomic E-state index is 11.8. The highest BCUT2D eigenvalue weighted by Crippen LogP contribution is 2.26. The Morgan fingerprint density at radius 2 is 2.12 bits per heavy atom. The van der Waals surface area contributed by atoms with Gasteiger partial charge in [-0.25, -0.2) is 0 Å². The van der Waals surface area contributed by atoms with Crippen LogP contribution in [0.2, 0.25) is 0 Å². The van der Waals surface area contributed by atoms with Crippen LogP contribution in [0.1, 0.15) is 32.1 Å². The first-order valence-corrected chi connectivity index (χ1v) is 6.96. The normalized spacial score (nSPS) is 16.1. The molecule has 2 rings (SSSR count). The van der Waals surface area contributed by atoms with Crippen molar-refractivity contribution in [1.82, 2.24) is 0 Å². The minimum atomic E-state index is 0.307. The Kier molecular flexibility index (Phi) is 4.60. The number of ether oxygens (including phenoxy) is 1. The summed E-state index contributed by atoms with van der Waals surface area (Å²) >= 11 is 3.39. The highest BCUT2D eigenvalue weighted by Gasteiger charge is 2.21. The van der Waals surface area contributed by atoms with Crippen LogP contribution in [0.5, 0.6) is 5.75 Å². The second-order valence-corrected chi connectivity index (χ2v) is 5.42. The van der Waals surface area contributed by atoms with E-state index in [4.69, 9.17) is 4.74 Å². The van der Waals surface area contributed by atoms with Crippen LogP contribution in [0.25, 0.3) is 0 Å². The number of halogens is 1. The summed E-state index contributed by atoms with van der Waals surface area (Å²) in [6.07, 6.45) is 5.12. The summed E-state index contributed by atoms with van der Waals surface area (Å²) in [7, 11) is 0. The fourth-order valence-electron chi connectivity index (χ4n) is 2.28. The molecule has 0 aromatic heterocycles. The van der Waals surface area contributed by atoms with Crippen LogP contribution in [-0.2, 0) is 4.79 Å². The molecule has 0 aliphatic heterocycles. The van der Waals surface area contributed by atoms with Gasteiger partial charge in [0, 0.05) is 16.8 Å². The topological polar surface area (TPSA) is 26.3 Å². The Morgan fingerprint density at radius 1 is 1.35 bits per heavy atom. The number of hydrogen-bond donors (Lipinski definition) is 0. The van der Waals surface area contributed by atoms with E-state index in [0.717, 1.165) is 23.1 Å². The number of ketones is 1. The molecule has 1 saturated carbocycles. The molecule has 0 spiro atoms. The smallest absolute Gasteiger partial charge is 0.139 e. The minimum Gasteiger partial charge on any atom is -0.493 e. The third-order valence-corrected chi connectivity index (χ3v) is 3.72. The molecule has 1 aromatic rings. The number of hydrogen-bond acceptors (Lipinski definition) is 2. The fourth-order valence-corrected chi connectivity index (χ4v) is 2.66. The minimum absolute atomic E-state index is 0.307. The van der Waals surface area contributed by atoms with Crippen LogP contribution in [0.15, 0.2) is 28.7 Å². The lowest BCUT2D eigenvalue weighted by Crippen LogP contribution is -2.14. The number of rotatable bonds is 5. The molecule has 0 radical (unpaired) electrons. The van der Waals surface area contributed by atoms with Gasteiger partial charge < -0.3 is 4.74 Å². The maximum Gasteiger partial charge on any atom is 0.139 e. The van der Waals surface area contributed by atoms with Gasteiger partial charge in [0.1, 0.15) is 11.5 Å². The first kappa shape index (κ1) is 12.6. The molecular formula is C14H17BrO2. The average molecular weight is 297 g/mol. The molecule has 2 nitrogen and oxygen atoms in total. The van der Waals surface area contributed by atoms with Crippen molar-refractivity contribution in [2.75, 3.05) is 6.61 Å². The number of carbonyl (C=O) groups is 1. The first-order valence-electron chi connectivity index (χ1n) is 6.17. The van der Waals surface area contributed by atoms with Crippen molar-refractivity contribution in [2.24, 2.45) is 5.92 Å². The van der Waals surface area contributed by atoms with Gasteiger partial charge >= 0.3 is 0 Å². The zero-order chi connectivity index (χ0) is 12.1. The van der Waals surface area contributed by atoms with Gasteiger partial charge in [0.15, 0.2) is 0 Å². The quantitative estimate of drug-likeness (QED) is 0.821. The third kappa shape index (κ3) is 3.84. The van der Waals surface area contributed by atoms with E-state index in [1.807, 2.05) is 24.3 Å². The van der Waals surface area contributed by atoms with Crippen LogP contribution in [0.3, 0.4) is 0 Å². The lowest BCUT2D eigenvalue weighted by atomic mass is 10.0. The SMILES string of the molecule is O=C(CCOc1cccc(Br)c1)C1CCCC1. The Morgan fingerprint density at radius 3 is 2.82 bits per heavy atom. The van der Waals surface area contributed by atoms with Crippen LogP contribution in [-0.4, -0.2) is 12.4 Å². The second kappa shape index (κ2) is 6.20. The maximum atomic E-state index is 11.8. The van der Waals surface area contributed by atoms with Crippen LogP contribution in [0, 0.1) is 5.92 Å². The fraction of sp³-hybridized carbons (Fsp3) is 0.500. The summed E-state index contributed by atoms with van der Waals surface area (Å²) in [5, 5.41) is 0. The van der Waals surface area contributed by atoms with E-state index in [2.05, 4.69) is 15.9 Å². The number of Topliss-reactive ketones (excluding diaryl/α,β-unsaturated/α-hetero) is 1. The second-order valence-electron chi connectivity index (χ2n) is 4.50. The van der Waals surface area contributed by atoms with Crippen LogP contribution >= 0.6 is 15.9 Å². The summed E-state index contributed by atoms with van der Waals surface area (Å²) < 4.78 is 6.56. The van der Waals surface area contributed by atoms with Crippen LogP contribution < -0.4 is 4.74 Å². The van der Waals surface area contributed by atoms with Crippen LogP contribution in [0.4, 0.5) is 0 Å². The molecule has 92 valence electrons. The Balaban J connectivity index is 1.73. The van der Waals surface area contributed by atoms with Gasteiger partial charge in [-0.2, -0.15) is 0 Å². The van der Waals surface area contributed by atoms with Gasteiger partial charge in [0.05, 0.1) is 6.61 Å². The highest BCUT2D eigenvalue weighted by atomic mass is 79.9. The van der Waals surface area contributed by atoms with Gasteiger partial charge in [-0.1, -0.05) is 34.8 Å². The molecular weight excluding hydrogens is 280 g/mol. The summed E-state index contributed by atoms with van der Waals surface area (Å²) in [6.45, 7) is 0.492. The van der Waals surface area contributed by atoms with Gasteiger partial charge in [-0.15, -0.1) is 0 Å². The van der Waals surface area contributed by atoms with E-state index < -0.39 is 0 Å². The monoisotopic (exact) mass is 296 g/mol. The molecule has 1 aromatic carbocycles. The number of benzene rings is 1. The lowest BCUT2D eigenvalue weighted by Gasteiger charge is -2.09. The molecule has 17 heavy (non-hydrogen) atoms. The lowest BCUT2D eigenvalue weighted by molar-refractivity contribution is -0.123. The van der Waals surface area contributed by atoms with Crippen molar-refractivity contribution in [2.45, 2.75) is 32.1 Å². The van der Waals surface area contributed by atoms with Gasteiger partial charge in [0.2, 0.25) is 0 Å². The molecule has 0 bridgehead atoms. The molecule has 0 saturated heterocycles. The first-order chi connectivity index (χ1) is 8.25. The molecule has 0 atom stereocenters. The van der Waals surface area contributed by atoms with Crippen molar-refractivity contribution in [3.63, 3.8) is 0 Å². The molecule has 1 aliphatic rings. The molecule has 0 heterocycles. The standard InChI is InChI=1S/C14H17BrO2/c15-12-6-3-7-13(10-12)17-9-8-14(16)11-4-1-2-5-11/h3,6-7,10-11H,1-2,4-5,8-9H2. The highest BCUT2D eigenvalue weighted by molar-refractivity contribution is 9.10. The summed E-state index contributed by atoms with van der Waals surface area (Å²) in [5.41, 5.74) is 0. The predicted molar refractivity (Wildman–Crippen MR) is 71.2 cm³/mol. The summed E-state index contributed by atoms with van der Waals surface area (Å²) in [5.74, 6) is 1.50. The van der Waals surface area contributed by atoms with Crippen molar-refractivity contribution >= 4 is 21.7 Å². The van der Waals surface area contributed by atoms with E-state index in [9.17, 15) is 4.79 Å². The predicted octanol–water partition coefficient (Wildman–Crippen LogP) is 3.98. The molecule has 1 aliphatic carbocycles. The van der Waals surface area contributed by atoms with E-state index in [1.54, 1.807) is 0 Å². The summed E-state index contributed by atoms with van der Waals surface area (Å²) in [6, 6.07) is 7.71. The Hall–Kier alpha value is -0.830. The zero-order valence-electron chi connectivity index (χ0n) is 9.82. The third-order valence-electron chi connectivity index (χ3n) is 3.22. The van der Waals surface area contributed by atoms with Crippen molar-refractivity contribution in [3.05, 3.63) is 28.7 Å². The van der Waals surface area contributed by atoms with E-state index in [1.165, 1.54) is 12.8 Å². The van der Waals surface area contributed by atoms with E-state index in [-0.39, 0.29) is 0 Å². The Bertz CT molecular complexity index is 384. The van der Waals surface area contributed by atoms with Gasteiger partial charge in [0.25, 0.3) is 0 Å². The molecule has 1 fully saturated rings. The largest absolute Gasteiger partial charge is 0.493 e. The Labute approximate surface area is 110 Å². The molecule has 3 heteroatoms. The van der Waals surface area contributed by atoms with Crippen molar-refractivity contribution in [1.29, 1.82) is 0 Å². The number of carbonyl (C=O) groups excluding carboxylic acids is 1. The average Bonchev–Trinajstić information content (AvgIpc) is 2.82. The zero-order valence-corrected chi connectivity index (χ0v) is 11.4. The van der Waals surface area contributed by atoms with Crippen molar-refractivity contribution < 1.29 is 9.53 Å². The molecule has 0 N–H and O–H groups in total. The molecule has 0 amide bonds. The van der Waals surface area contributed by atoms with E-state index in [0.29, 0.717) is 24.7 Å². The molecule has 0 unspecified atom stereocenters. The van der Waals surface area contributed by atoms with Crippen molar-refractivity contribution in [3.8, 4) is 5.75 Å². The summed E-state index contributed by atoms with van der Waals surface area (Å²) in [4.78, 5) is 11.8.